The Kier molecular flexibility index (Phi) is 1.99. The van der Waals surface area contributed by atoms with Gasteiger partial charge in [0.15, 0.2) is 0 Å². The van der Waals surface area contributed by atoms with Crippen LogP contribution in [0.25, 0.3) is 0 Å². The van der Waals surface area contributed by atoms with E-state index in [1.807, 2.05) is 20.8 Å². The van der Waals surface area contributed by atoms with E-state index in [9.17, 15) is 4.79 Å². The average molecular weight is 223 g/mol. The van der Waals surface area contributed by atoms with Crippen LogP contribution in [-0.2, 0) is 9.53 Å². The first-order chi connectivity index (χ1) is 7.41. The molecule has 0 unspecified atom stereocenters. The number of fused-ring (bicyclic) bond motifs is 4. The second-order valence-electron chi connectivity index (χ2n) is 6.72. The van der Waals surface area contributed by atoms with Crippen LogP contribution in [0.3, 0.4) is 0 Å². The van der Waals surface area contributed by atoms with Crippen molar-refractivity contribution in [2.75, 3.05) is 0 Å². The quantitative estimate of drug-likeness (QED) is 0.690. The number of hydrogen-bond donors (Lipinski definition) is 1. The van der Waals surface area contributed by atoms with Gasteiger partial charge in [-0.15, -0.1) is 0 Å². The van der Waals surface area contributed by atoms with E-state index < -0.39 is 0 Å². The van der Waals surface area contributed by atoms with Crippen molar-refractivity contribution < 1.29 is 9.53 Å². The number of hydrogen-bond acceptors (Lipinski definition) is 3. The first-order valence-corrected chi connectivity index (χ1v) is 6.40. The molecule has 0 aromatic rings. The predicted molar refractivity (Wildman–Crippen MR) is 60.9 cm³/mol. The zero-order valence-corrected chi connectivity index (χ0v) is 10.4. The average Bonchev–Trinajstić information content (AvgIpc) is 2.74. The minimum Gasteiger partial charge on any atom is -0.460 e. The summed E-state index contributed by atoms with van der Waals surface area (Å²) in [5.74, 6) is 0.615. The summed E-state index contributed by atoms with van der Waals surface area (Å²) in [6.45, 7) is 5.86. The van der Waals surface area contributed by atoms with E-state index in [0.717, 1.165) is 12.8 Å². The Morgan fingerprint density at radius 3 is 2.75 bits per heavy atom. The standard InChI is InChI=1S/C13H21NO2/c1-12(2,3)16-11(15)13-6-8-4-5-10(14-8)9(13)7-13/h8-10,14H,4-7H2,1-3H3/t8-,9+,10+,13-/m1/s1. The topological polar surface area (TPSA) is 38.3 Å². The van der Waals surface area contributed by atoms with E-state index >= 15 is 0 Å². The normalized spacial score (nSPS) is 45.1. The fourth-order valence-corrected chi connectivity index (χ4v) is 3.56. The molecule has 2 saturated heterocycles. The summed E-state index contributed by atoms with van der Waals surface area (Å²) < 4.78 is 5.58. The Bertz CT molecular complexity index is 333. The summed E-state index contributed by atoms with van der Waals surface area (Å²) in [4.78, 5) is 12.2. The monoisotopic (exact) mass is 223 g/mol. The van der Waals surface area contributed by atoms with E-state index in [1.165, 1.54) is 12.8 Å². The molecule has 0 spiro atoms. The predicted octanol–water partition coefficient (Wildman–Crippen LogP) is 1.86. The van der Waals surface area contributed by atoms with Gasteiger partial charge in [0.05, 0.1) is 5.41 Å². The van der Waals surface area contributed by atoms with Crippen molar-refractivity contribution in [3.05, 3.63) is 0 Å². The summed E-state index contributed by atoms with van der Waals surface area (Å²) in [6, 6.07) is 1.16. The van der Waals surface area contributed by atoms with E-state index in [4.69, 9.17) is 4.74 Å². The van der Waals surface area contributed by atoms with Gasteiger partial charge >= 0.3 is 5.97 Å². The van der Waals surface area contributed by atoms with Crippen molar-refractivity contribution in [2.24, 2.45) is 11.3 Å². The molecule has 2 aliphatic heterocycles. The lowest BCUT2D eigenvalue weighted by Gasteiger charge is -2.30. The highest BCUT2D eigenvalue weighted by Crippen LogP contribution is 2.63. The van der Waals surface area contributed by atoms with E-state index in [1.54, 1.807) is 0 Å². The first-order valence-electron chi connectivity index (χ1n) is 6.40. The van der Waals surface area contributed by atoms with Crippen molar-refractivity contribution in [3.8, 4) is 0 Å². The second kappa shape index (κ2) is 3.00. The SMILES string of the molecule is CC(C)(C)OC(=O)[C@@]12C[C@H]3CC[C@H](N3)[C@@H]1C2. The van der Waals surface area contributed by atoms with Gasteiger partial charge in [0.25, 0.3) is 0 Å². The first kappa shape index (κ1) is 10.6. The minimum absolute atomic E-state index is 0.0587. The Balaban J connectivity index is 1.74. The van der Waals surface area contributed by atoms with E-state index in [0.29, 0.717) is 18.0 Å². The molecule has 4 atom stereocenters. The van der Waals surface area contributed by atoms with Crippen LogP contribution in [0.5, 0.6) is 0 Å². The maximum Gasteiger partial charge on any atom is 0.313 e. The lowest BCUT2D eigenvalue weighted by molar-refractivity contribution is -0.163. The molecule has 2 heterocycles. The van der Waals surface area contributed by atoms with Crippen molar-refractivity contribution in [2.45, 2.75) is 64.1 Å². The Labute approximate surface area is 96.9 Å². The van der Waals surface area contributed by atoms with Crippen LogP contribution in [-0.4, -0.2) is 23.7 Å². The number of nitrogens with one attached hydrogen (secondary N) is 1. The van der Waals surface area contributed by atoms with Crippen LogP contribution in [0.2, 0.25) is 0 Å². The van der Waals surface area contributed by atoms with Crippen molar-refractivity contribution in [3.63, 3.8) is 0 Å². The van der Waals surface area contributed by atoms with Gasteiger partial charge < -0.3 is 10.1 Å². The third kappa shape index (κ3) is 1.48. The summed E-state index contributed by atoms with van der Waals surface area (Å²) in [6.07, 6.45) is 4.55. The molecule has 0 radical (unpaired) electrons. The highest BCUT2D eigenvalue weighted by atomic mass is 16.6. The molecule has 1 N–H and O–H groups in total. The molecular formula is C13H21NO2. The van der Waals surface area contributed by atoms with Gasteiger partial charge in [0.2, 0.25) is 0 Å². The van der Waals surface area contributed by atoms with Crippen molar-refractivity contribution in [1.29, 1.82) is 0 Å². The van der Waals surface area contributed by atoms with Crippen molar-refractivity contribution in [1.82, 2.24) is 5.32 Å². The Morgan fingerprint density at radius 2 is 2.06 bits per heavy atom. The van der Waals surface area contributed by atoms with Crippen LogP contribution in [0, 0.1) is 11.3 Å². The van der Waals surface area contributed by atoms with Gasteiger partial charge in [-0.2, -0.15) is 0 Å². The molecule has 0 amide bonds. The molecule has 90 valence electrons. The molecule has 0 aromatic heterocycles. The zero-order chi connectivity index (χ0) is 11.6. The molecule has 0 aromatic carbocycles. The lowest BCUT2D eigenvalue weighted by Crippen LogP contribution is -2.43. The largest absolute Gasteiger partial charge is 0.460 e. The molecule has 2 bridgehead atoms. The molecule has 3 heteroatoms. The fourth-order valence-electron chi connectivity index (χ4n) is 3.56. The third-order valence-electron chi connectivity index (χ3n) is 4.31. The van der Waals surface area contributed by atoms with Gasteiger partial charge in [-0.25, -0.2) is 0 Å². The van der Waals surface area contributed by atoms with Crippen LogP contribution in [0.15, 0.2) is 0 Å². The van der Waals surface area contributed by atoms with Crippen LogP contribution in [0.1, 0.15) is 46.5 Å². The van der Waals surface area contributed by atoms with Crippen molar-refractivity contribution >= 4 is 5.97 Å². The number of rotatable bonds is 1. The minimum atomic E-state index is -0.344. The lowest BCUT2D eigenvalue weighted by atomic mass is 9.91. The number of piperidine rings is 1. The van der Waals surface area contributed by atoms with Gasteiger partial charge in [0.1, 0.15) is 5.60 Å². The molecule has 1 saturated carbocycles. The highest BCUT2D eigenvalue weighted by Gasteiger charge is 2.68. The fraction of sp³-hybridized carbons (Fsp3) is 0.923. The molecule has 3 fully saturated rings. The number of ether oxygens (including phenoxy) is 1. The molecule has 3 nitrogen and oxygen atoms in total. The summed E-state index contributed by atoms with van der Waals surface area (Å²) in [5.41, 5.74) is -0.451. The molecule has 1 aliphatic carbocycles. The summed E-state index contributed by atoms with van der Waals surface area (Å²) in [5, 5.41) is 3.62. The maximum atomic E-state index is 12.2. The smallest absolute Gasteiger partial charge is 0.313 e. The number of carbonyl (C=O) groups excluding carboxylic acids is 1. The Morgan fingerprint density at radius 1 is 1.31 bits per heavy atom. The molecule has 3 aliphatic rings. The zero-order valence-electron chi connectivity index (χ0n) is 10.4. The van der Waals surface area contributed by atoms with Crippen LogP contribution in [0.4, 0.5) is 0 Å². The Hall–Kier alpha value is -0.570. The number of esters is 1. The highest BCUT2D eigenvalue weighted by molar-refractivity contribution is 5.81. The molecule has 3 rings (SSSR count). The van der Waals surface area contributed by atoms with Gasteiger partial charge in [-0.3, -0.25) is 4.79 Å². The van der Waals surface area contributed by atoms with E-state index in [2.05, 4.69) is 5.32 Å². The third-order valence-corrected chi connectivity index (χ3v) is 4.31. The van der Waals surface area contributed by atoms with E-state index in [-0.39, 0.29) is 17.0 Å². The van der Waals surface area contributed by atoms with Crippen LogP contribution >= 0.6 is 0 Å². The molecular weight excluding hydrogens is 202 g/mol. The number of carbonyl (C=O) groups is 1. The second-order valence-corrected chi connectivity index (χ2v) is 6.72. The molecule has 16 heavy (non-hydrogen) atoms. The van der Waals surface area contributed by atoms with Gasteiger partial charge in [0, 0.05) is 12.1 Å². The summed E-state index contributed by atoms with van der Waals surface area (Å²) in [7, 11) is 0. The maximum absolute atomic E-state index is 12.2. The van der Waals surface area contributed by atoms with Crippen LogP contribution < -0.4 is 5.32 Å². The summed E-state index contributed by atoms with van der Waals surface area (Å²) >= 11 is 0. The van der Waals surface area contributed by atoms with Gasteiger partial charge in [-0.1, -0.05) is 0 Å². The van der Waals surface area contributed by atoms with Gasteiger partial charge in [-0.05, 0) is 52.4 Å².